The summed E-state index contributed by atoms with van der Waals surface area (Å²) < 4.78 is 11.5. The second kappa shape index (κ2) is 14.0. The van der Waals surface area contributed by atoms with Crippen LogP contribution in [-0.2, 0) is 9.47 Å². The van der Waals surface area contributed by atoms with Gasteiger partial charge in [0.15, 0.2) is 0 Å². The van der Waals surface area contributed by atoms with Gasteiger partial charge in [-0.1, -0.05) is 34.4 Å². The van der Waals surface area contributed by atoms with Crippen LogP contribution in [0.5, 0.6) is 0 Å². The molecule has 1 amide bonds. The van der Waals surface area contributed by atoms with Crippen LogP contribution in [-0.4, -0.2) is 58.6 Å². The Balaban J connectivity index is 0.00000177. The van der Waals surface area contributed by atoms with E-state index in [1.54, 1.807) is 17.0 Å². The minimum atomic E-state index is -2.08. The van der Waals surface area contributed by atoms with Gasteiger partial charge in [0.1, 0.15) is 11.4 Å². The number of benzene rings is 1. The van der Waals surface area contributed by atoms with Crippen LogP contribution in [0, 0.1) is 5.92 Å². The molecule has 0 unspecified atom stereocenters. The van der Waals surface area contributed by atoms with Crippen molar-refractivity contribution in [2.75, 3.05) is 19.7 Å². The number of oxime groups is 1. The Morgan fingerprint density at radius 1 is 1.34 bits per heavy atom. The van der Waals surface area contributed by atoms with Gasteiger partial charge < -0.3 is 40.3 Å². The Morgan fingerprint density at radius 2 is 1.94 bits per heavy atom. The molecule has 1 saturated heterocycles. The number of amidine groups is 1. The Labute approximate surface area is 218 Å². The zero-order valence-corrected chi connectivity index (χ0v) is 21.9. The molecule has 0 spiro atoms. The molecule has 1 heterocycles. The van der Waals surface area contributed by atoms with Crippen LogP contribution in [0.25, 0.3) is 0 Å². The summed E-state index contributed by atoms with van der Waals surface area (Å²) >= 11 is 12.2. The van der Waals surface area contributed by atoms with Gasteiger partial charge in [-0.05, 0) is 38.5 Å². The number of halogens is 2. The van der Waals surface area contributed by atoms with Crippen LogP contribution in [0.2, 0.25) is 10.0 Å². The summed E-state index contributed by atoms with van der Waals surface area (Å²) in [7, 11) is 0. The first-order chi connectivity index (χ1) is 14.3. The van der Waals surface area contributed by atoms with E-state index in [0.717, 1.165) is 5.56 Å². The number of hydrogen-bond donors (Lipinski definition) is 3. The Bertz CT molecular complexity index is 802. The second-order valence-corrected chi connectivity index (χ2v) is 8.53. The summed E-state index contributed by atoms with van der Waals surface area (Å²) in [5.41, 5.74) is 5.94. The Morgan fingerprint density at radius 3 is 2.44 bits per heavy atom. The molecule has 0 aromatic heterocycles. The molecule has 0 saturated carbocycles. The van der Waals surface area contributed by atoms with E-state index < -0.39 is 24.0 Å². The number of nitrogens with two attached hydrogens (primary N) is 1. The molecule has 2 atom stereocenters. The second-order valence-electron chi connectivity index (χ2n) is 7.71. The van der Waals surface area contributed by atoms with Gasteiger partial charge in [0, 0.05) is 25.4 Å². The molecule has 13 heteroatoms. The predicted octanol–water partition coefficient (Wildman–Crippen LogP) is -0.0538. The van der Waals surface area contributed by atoms with Crippen molar-refractivity contribution in [2.24, 2.45) is 16.8 Å². The van der Waals surface area contributed by atoms with Gasteiger partial charge in [-0.15, -0.1) is 0 Å². The van der Waals surface area contributed by atoms with E-state index in [2.05, 4.69) is 5.16 Å². The molecule has 1 aliphatic heterocycles. The Kier molecular flexibility index (Phi) is 13.3. The van der Waals surface area contributed by atoms with Crippen LogP contribution in [0.4, 0.5) is 9.59 Å². The van der Waals surface area contributed by atoms with Crippen molar-refractivity contribution >= 4 is 41.3 Å². The summed E-state index contributed by atoms with van der Waals surface area (Å²) in [4.78, 5) is 22.5. The summed E-state index contributed by atoms with van der Waals surface area (Å²) in [6, 6.07) is 5.25. The van der Waals surface area contributed by atoms with Crippen LogP contribution in [0.1, 0.15) is 38.9 Å². The van der Waals surface area contributed by atoms with Gasteiger partial charge in [0.05, 0.1) is 22.8 Å². The molecule has 0 bridgehead atoms. The Hall–Kier alpha value is -1.43. The maximum absolute atomic E-state index is 12.5. The molecular formula is C19H26Cl2N3NaO7. The van der Waals surface area contributed by atoms with Crippen LogP contribution < -0.4 is 40.4 Å². The average molecular weight is 502 g/mol. The average Bonchev–Trinajstić information content (AvgIpc) is 2.84. The third-order valence-electron chi connectivity index (χ3n) is 4.07. The van der Waals surface area contributed by atoms with Gasteiger partial charge in [-0.25, -0.2) is 4.79 Å². The summed E-state index contributed by atoms with van der Waals surface area (Å²) in [6.45, 7) is 6.45. The normalized spacial score (nSPS) is 19.0. The van der Waals surface area contributed by atoms with Crippen molar-refractivity contribution in [2.45, 2.75) is 38.9 Å². The van der Waals surface area contributed by atoms with Crippen LogP contribution >= 0.6 is 23.2 Å². The van der Waals surface area contributed by atoms with E-state index in [1.165, 1.54) is 0 Å². The first-order valence-corrected chi connectivity index (χ1v) is 10.0. The number of ether oxygens (including phenoxy) is 2. The standard InChI is InChI=1S/C18H25Cl2N3O4.CH2O3.Na/c1-18(2,3)27-17(24)23-6-7-26-16(12(10-23)9-15(21)22-25)11-4-5-13(19)14(20)8-11;2-1(3)4;/h4-5,8,12,16,25H,6-7,9-10H2,1-3H3,(H2,21,22);(H2,2,3,4);/q;;+1/p-1/t12-,16+;;/m1../s1. The molecule has 1 aromatic carbocycles. The van der Waals surface area contributed by atoms with Crippen molar-refractivity contribution in [3.8, 4) is 0 Å². The number of amides is 1. The quantitative estimate of drug-likeness (QED) is 0.171. The van der Waals surface area contributed by atoms with Gasteiger partial charge in [-0.3, -0.25) is 0 Å². The predicted molar refractivity (Wildman–Crippen MR) is 113 cm³/mol. The number of nitrogens with zero attached hydrogens (tertiary/aromatic N) is 2. The van der Waals surface area contributed by atoms with Gasteiger partial charge >= 0.3 is 35.7 Å². The molecule has 1 aliphatic rings. The van der Waals surface area contributed by atoms with Gasteiger partial charge in [-0.2, -0.15) is 0 Å². The van der Waals surface area contributed by atoms with E-state index in [1.807, 2.05) is 26.8 Å². The number of rotatable bonds is 3. The molecule has 4 N–H and O–H groups in total. The van der Waals surface area contributed by atoms with Gasteiger partial charge in [0.25, 0.3) is 0 Å². The minimum Gasteiger partial charge on any atom is -0.565 e. The zero-order chi connectivity index (χ0) is 23.8. The van der Waals surface area contributed by atoms with Crippen molar-refractivity contribution in [1.29, 1.82) is 0 Å². The van der Waals surface area contributed by atoms with Crippen LogP contribution in [0.15, 0.2) is 23.4 Å². The molecule has 10 nitrogen and oxygen atoms in total. The van der Waals surface area contributed by atoms with Crippen LogP contribution in [0.3, 0.4) is 0 Å². The van der Waals surface area contributed by atoms with Gasteiger partial charge in [0.2, 0.25) is 6.16 Å². The third kappa shape index (κ3) is 10.9. The fraction of sp³-hybridized carbons (Fsp3) is 0.526. The number of carbonyl (C=O) groups excluding carboxylic acids is 1. The summed E-state index contributed by atoms with van der Waals surface area (Å²) in [5, 5.41) is 28.2. The van der Waals surface area contributed by atoms with Crippen molar-refractivity contribution in [1.82, 2.24) is 4.90 Å². The monoisotopic (exact) mass is 501 g/mol. The SMILES string of the molecule is CC(C)(C)OC(=O)N1CCO[C@@H](c2ccc(Cl)c(Cl)c2)[C@H](CC(N)=NO)C1.O=C([O-])O.[Na+]. The van der Waals surface area contributed by atoms with Crippen molar-refractivity contribution in [3.63, 3.8) is 0 Å². The number of carboxylic acid groups (broad SMARTS) is 2. The summed E-state index contributed by atoms with van der Waals surface area (Å²) in [6.07, 6.45) is -2.67. The maximum Gasteiger partial charge on any atom is 1.00 e. The van der Waals surface area contributed by atoms with Crippen molar-refractivity contribution in [3.05, 3.63) is 33.8 Å². The number of hydrogen-bond acceptors (Lipinski definition) is 7. The molecular weight excluding hydrogens is 476 g/mol. The molecule has 0 radical (unpaired) electrons. The van der Waals surface area contributed by atoms with E-state index in [4.69, 9.17) is 58.6 Å². The number of carbonyl (C=O) groups is 2. The van der Waals surface area contributed by atoms with Crippen molar-refractivity contribution < 1.29 is 64.0 Å². The minimum absolute atomic E-state index is 0. The molecule has 0 aliphatic carbocycles. The van der Waals surface area contributed by atoms with E-state index >= 15 is 0 Å². The fourth-order valence-electron chi connectivity index (χ4n) is 2.93. The molecule has 1 fully saturated rings. The van der Waals surface area contributed by atoms with E-state index in [0.29, 0.717) is 29.7 Å². The third-order valence-corrected chi connectivity index (χ3v) is 4.80. The molecule has 2 rings (SSSR count). The molecule has 174 valence electrons. The summed E-state index contributed by atoms with van der Waals surface area (Å²) in [5.74, 6) is -0.201. The molecule has 1 aromatic rings. The fourth-order valence-corrected chi connectivity index (χ4v) is 3.23. The smallest absolute Gasteiger partial charge is 0.565 e. The largest absolute Gasteiger partial charge is 1.00 e. The van der Waals surface area contributed by atoms with E-state index in [-0.39, 0.29) is 47.7 Å². The van der Waals surface area contributed by atoms with E-state index in [9.17, 15) is 4.79 Å². The first-order valence-electron chi connectivity index (χ1n) is 9.25. The first kappa shape index (κ1) is 30.6. The maximum atomic E-state index is 12.5. The zero-order valence-electron chi connectivity index (χ0n) is 18.4. The topological polar surface area (TPSA) is 158 Å². The molecule has 32 heavy (non-hydrogen) atoms.